The predicted octanol–water partition coefficient (Wildman–Crippen LogP) is 3.52. The van der Waals surface area contributed by atoms with Crippen LogP contribution < -0.4 is 10.6 Å². The lowest BCUT2D eigenvalue weighted by Crippen LogP contribution is -2.45. The Bertz CT molecular complexity index is 1100. The van der Waals surface area contributed by atoms with Crippen molar-refractivity contribution < 1.29 is 14.3 Å². The van der Waals surface area contributed by atoms with Crippen molar-refractivity contribution in [2.24, 2.45) is 5.41 Å². The quantitative estimate of drug-likeness (QED) is 0.459. The van der Waals surface area contributed by atoms with Crippen molar-refractivity contribution in [1.82, 2.24) is 25.0 Å². The van der Waals surface area contributed by atoms with Crippen molar-refractivity contribution in [2.75, 3.05) is 25.0 Å². The minimum Gasteiger partial charge on any atom is -0.447 e. The first kappa shape index (κ1) is 23.9. The van der Waals surface area contributed by atoms with Gasteiger partial charge in [-0.25, -0.2) is 4.98 Å². The first-order valence-corrected chi connectivity index (χ1v) is 12.0. The molecule has 0 radical (unpaired) electrons. The van der Waals surface area contributed by atoms with Gasteiger partial charge in [0.1, 0.15) is 17.8 Å². The van der Waals surface area contributed by atoms with E-state index in [1.807, 2.05) is 39.0 Å². The van der Waals surface area contributed by atoms with Gasteiger partial charge in [0.05, 0.1) is 35.8 Å². The summed E-state index contributed by atoms with van der Waals surface area (Å²) in [5.41, 5.74) is 0.749. The first-order chi connectivity index (χ1) is 15.7. The Labute approximate surface area is 201 Å². The van der Waals surface area contributed by atoms with E-state index in [4.69, 9.17) is 21.1 Å². The highest BCUT2D eigenvalue weighted by Gasteiger charge is 2.30. The van der Waals surface area contributed by atoms with Gasteiger partial charge in [0.25, 0.3) is 5.91 Å². The Kier molecular flexibility index (Phi) is 7.20. The van der Waals surface area contributed by atoms with E-state index in [9.17, 15) is 9.90 Å². The summed E-state index contributed by atoms with van der Waals surface area (Å²) in [7, 11) is 0. The van der Waals surface area contributed by atoms with E-state index >= 15 is 0 Å². The lowest BCUT2D eigenvalue weighted by Gasteiger charge is -2.31. The molecule has 3 aromatic rings. The van der Waals surface area contributed by atoms with E-state index in [2.05, 4.69) is 20.5 Å². The molecule has 11 heteroatoms. The molecule has 3 aromatic heterocycles. The monoisotopic (exact) mass is 492 g/mol. The second kappa shape index (κ2) is 9.94. The summed E-state index contributed by atoms with van der Waals surface area (Å²) in [6.45, 7) is 8.92. The molecule has 0 aliphatic carbocycles. The minimum atomic E-state index is -0.576. The van der Waals surface area contributed by atoms with Gasteiger partial charge in [0, 0.05) is 36.0 Å². The van der Waals surface area contributed by atoms with Crippen LogP contribution in [0.2, 0.25) is 4.34 Å². The molecule has 0 aromatic carbocycles. The number of thiophene rings is 1. The highest BCUT2D eigenvalue weighted by molar-refractivity contribution is 7.16. The van der Waals surface area contributed by atoms with Crippen LogP contribution in [0.15, 0.2) is 28.9 Å². The molecule has 0 bridgehead atoms. The van der Waals surface area contributed by atoms with Crippen LogP contribution in [0.5, 0.6) is 0 Å². The molecule has 1 aliphatic heterocycles. The number of rotatable bonds is 7. The van der Waals surface area contributed by atoms with E-state index in [-0.39, 0.29) is 18.6 Å². The number of aliphatic hydroxyl groups excluding tert-OH is 1. The van der Waals surface area contributed by atoms with Gasteiger partial charge in [-0.2, -0.15) is 9.78 Å². The Hall–Kier alpha value is -2.24. The highest BCUT2D eigenvalue weighted by Crippen LogP contribution is 2.27. The second-order valence-corrected chi connectivity index (χ2v) is 10.9. The number of hydrogen-bond donors (Lipinski definition) is 3. The van der Waals surface area contributed by atoms with Crippen molar-refractivity contribution in [3.8, 4) is 0 Å². The molecule has 4 rings (SSSR count). The Morgan fingerprint density at radius 2 is 2.24 bits per heavy atom. The number of halogens is 1. The van der Waals surface area contributed by atoms with Gasteiger partial charge >= 0.3 is 0 Å². The number of aromatic nitrogens is 3. The van der Waals surface area contributed by atoms with Crippen LogP contribution in [0.4, 0.5) is 5.82 Å². The van der Waals surface area contributed by atoms with E-state index in [1.54, 1.807) is 0 Å². The SMILES string of the molecule is CC(C)(C)C(=O)n1nc(C2CN(Cc3nc(CO)co3)CCN2)cc1NCc1ccc(Cl)s1. The average Bonchev–Trinajstić information content (AvgIpc) is 3.51. The number of piperazine rings is 1. The fraction of sp³-hybridized carbons (Fsp3) is 0.500. The third-order valence-corrected chi connectivity index (χ3v) is 6.60. The van der Waals surface area contributed by atoms with Crippen LogP contribution in [0.25, 0.3) is 0 Å². The van der Waals surface area contributed by atoms with Crippen molar-refractivity contribution >= 4 is 34.7 Å². The third kappa shape index (κ3) is 5.82. The molecular weight excluding hydrogens is 464 g/mol. The molecule has 0 spiro atoms. The van der Waals surface area contributed by atoms with Crippen LogP contribution in [0.1, 0.15) is 53.8 Å². The van der Waals surface area contributed by atoms with Crippen molar-refractivity contribution in [3.05, 3.63) is 51.0 Å². The van der Waals surface area contributed by atoms with Gasteiger partial charge < -0.3 is 20.2 Å². The lowest BCUT2D eigenvalue weighted by atomic mass is 9.96. The number of nitrogens with zero attached hydrogens (tertiary/aromatic N) is 4. The standard InChI is InChI=1S/C22H29ClN6O3S/c1-22(2,3)21(31)29-19(25-9-15-4-5-18(23)33-15)8-16(27-29)17-10-28(7-6-24-17)11-20-26-14(12-30)13-32-20/h4-5,8,13,17,24-25,30H,6-7,9-12H2,1-3H3. The molecule has 9 nitrogen and oxygen atoms in total. The maximum Gasteiger partial charge on any atom is 0.254 e. The maximum absolute atomic E-state index is 13.1. The van der Waals surface area contributed by atoms with Crippen LogP contribution in [-0.4, -0.2) is 50.3 Å². The Balaban J connectivity index is 1.51. The summed E-state index contributed by atoms with van der Waals surface area (Å²) in [6.07, 6.45) is 1.48. The summed E-state index contributed by atoms with van der Waals surface area (Å²) in [5.74, 6) is 1.16. The van der Waals surface area contributed by atoms with Crippen molar-refractivity contribution in [2.45, 2.75) is 46.5 Å². The second-order valence-electron chi connectivity index (χ2n) is 9.11. The zero-order valence-corrected chi connectivity index (χ0v) is 20.5. The van der Waals surface area contributed by atoms with Gasteiger partial charge in [-0.05, 0) is 12.1 Å². The molecule has 1 aliphatic rings. The fourth-order valence-electron chi connectivity index (χ4n) is 3.63. The molecule has 0 saturated carbocycles. The van der Waals surface area contributed by atoms with Crippen LogP contribution in [0.3, 0.4) is 0 Å². The summed E-state index contributed by atoms with van der Waals surface area (Å²) in [6, 6.07) is 5.73. The lowest BCUT2D eigenvalue weighted by molar-refractivity contribution is 0.0750. The van der Waals surface area contributed by atoms with Crippen LogP contribution >= 0.6 is 22.9 Å². The highest BCUT2D eigenvalue weighted by atomic mass is 35.5. The van der Waals surface area contributed by atoms with E-state index in [1.165, 1.54) is 22.3 Å². The molecule has 33 heavy (non-hydrogen) atoms. The topological polar surface area (TPSA) is 108 Å². The average molecular weight is 493 g/mol. The Morgan fingerprint density at radius 3 is 2.91 bits per heavy atom. The van der Waals surface area contributed by atoms with E-state index in [0.717, 1.165) is 28.0 Å². The summed E-state index contributed by atoms with van der Waals surface area (Å²) in [4.78, 5) is 20.7. The predicted molar refractivity (Wildman–Crippen MR) is 127 cm³/mol. The van der Waals surface area contributed by atoms with Crippen molar-refractivity contribution in [1.29, 1.82) is 0 Å². The first-order valence-electron chi connectivity index (χ1n) is 10.9. The third-order valence-electron chi connectivity index (χ3n) is 5.37. The van der Waals surface area contributed by atoms with Gasteiger partial charge in [0.2, 0.25) is 5.89 Å². The van der Waals surface area contributed by atoms with E-state index < -0.39 is 5.41 Å². The summed E-state index contributed by atoms with van der Waals surface area (Å²) in [5, 5.41) is 20.8. The number of carbonyl (C=O) groups excluding carboxylic acids is 1. The molecular formula is C22H29ClN6O3S. The van der Waals surface area contributed by atoms with Gasteiger partial charge in [-0.3, -0.25) is 9.69 Å². The van der Waals surface area contributed by atoms with Crippen molar-refractivity contribution in [3.63, 3.8) is 0 Å². The molecule has 1 atom stereocenters. The largest absolute Gasteiger partial charge is 0.447 e. The molecule has 178 valence electrons. The van der Waals surface area contributed by atoms with Crippen LogP contribution in [-0.2, 0) is 19.7 Å². The number of oxazole rings is 1. The minimum absolute atomic E-state index is 0.0447. The number of aliphatic hydroxyl groups is 1. The van der Waals surface area contributed by atoms with Gasteiger partial charge in [-0.1, -0.05) is 32.4 Å². The number of hydrogen-bond acceptors (Lipinski definition) is 9. The maximum atomic E-state index is 13.1. The zero-order valence-electron chi connectivity index (χ0n) is 19.0. The molecule has 4 heterocycles. The van der Waals surface area contributed by atoms with Gasteiger partial charge in [0.15, 0.2) is 0 Å². The smallest absolute Gasteiger partial charge is 0.254 e. The zero-order chi connectivity index (χ0) is 23.6. The summed E-state index contributed by atoms with van der Waals surface area (Å²) >= 11 is 7.56. The Morgan fingerprint density at radius 1 is 1.42 bits per heavy atom. The number of carbonyl (C=O) groups is 1. The normalized spacial score (nSPS) is 17.4. The number of nitrogens with one attached hydrogen (secondary N) is 2. The fourth-order valence-corrected chi connectivity index (χ4v) is 4.66. The molecule has 0 amide bonds. The van der Waals surface area contributed by atoms with E-state index in [0.29, 0.717) is 37.0 Å². The molecule has 3 N–H and O–H groups in total. The number of anilines is 1. The molecule has 1 unspecified atom stereocenters. The summed E-state index contributed by atoms with van der Waals surface area (Å²) < 4.78 is 7.66. The molecule has 1 fully saturated rings. The van der Waals surface area contributed by atoms with Crippen LogP contribution in [0, 0.1) is 5.41 Å². The van der Waals surface area contributed by atoms with Gasteiger partial charge in [-0.15, -0.1) is 11.3 Å². The molecule has 1 saturated heterocycles.